The fourth-order valence-corrected chi connectivity index (χ4v) is 4.68. The number of likely N-dealkylation sites (tertiary alicyclic amines) is 1. The van der Waals surface area contributed by atoms with Crippen LogP contribution in [0, 0.1) is 0 Å². The SMILES string of the molecule is CCCN1CCCC(NC2CCCCC2SC)CC1. The van der Waals surface area contributed by atoms with Gasteiger partial charge in [-0.05, 0) is 64.4 Å². The molecule has 1 saturated carbocycles. The van der Waals surface area contributed by atoms with E-state index in [1.165, 1.54) is 71.0 Å². The van der Waals surface area contributed by atoms with Crippen LogP contribution in [0.1, 0.15) is 58.3 Å². The van der Waals surface area contributed by atoms with E-state index in [0.29, 0.717) is 0 Å². The molecule has 1 aliphatic carbocycles. The highest BCUT2D eigenvalue weighted by Gasteiger charge is 2.27. The van der Waals surface area contributed by atoms with Gasteiger partial charge in [-0.3, -0.25) is 0 Å². The number of nitrogens with one attached hydrogen (secondary N) is 1. The first kappa shape index (κ1) is 15.7. The summed E-state index contributed by atoms with van der Waals surface area (Å²) in [4.78, 5) is 2.66. The van der Waals surface area contributed by atoms with Gasteiger partial charge in [-0.15, -0.1) is 0 Å². The maximum absolute atomic E-state index is 4.01. The van der Waals surface area contributed by atoms with Crippen molar-refractivity contribution < 1.29 is 0 Å². The van der Waals surface area contributed by atoms with E-state index in [9.17, 15) is 0 Å². The Labute approximate surface area is 124 Å². The standard InChI is InChI=1S/C16H32N2S/c1-3-11-18-12-6-7-14(10-13-18)17-15-8-4-5-9-16(15)19-2/h14-17H,3-13H2,1-2H3. The molecule has 3 atom stereocenters. The Morgan fingerprint density at radius 1 is 1.05 bits per heavy atom. The van der Waals surface area contributed by atoms with Crippen LogP contribution < -0.4 is 5.32 Å². The van der Waals surface area contributed by atoms with Crippen molar-refractivity contribution in [3.8, 4) is 0 Å². The molecule has 0 aromatic heterocycles. The van der Waals surface area contributed by atoms with Gasteiger partial charge in [0.2, 0.25) is 0 Å². The molecule has 0 aromatic carbocycles. The zero-order chi connectivity index (χ0) is 13.5. The molecule has 2 fully saturated rings. The minimum Gasteiger partial charge on any atom is -0.310 e. The molecule has 112 valence electrons. The molecule has 0 spiro atoms. The predicted molar refractivity (Wildman–Crippen MR) is 87.1 cm³/mol. The first-order chi connectivity index (χ1) is 9.33. The topological polar surface area (TPSA) is 15.3 Å². The minimum absolute atomic E-state index is 0.777. The molecule has 2 aliphatic rings. The number of thioether (sulfide) groups is 1. The molecular formula is C16H32N2S. The lowest BCUT2D eigenvalue weighted by molar-refractivity contribution is 0.277. The van der Waals surface area contributed by atoms with E-state index in [4.69, 9.17) is 0 Å². The van der Waals surface area contributed by atoms with Crippen molar-refractivity contribution in [1.82, 2.24) is 10.2 Å². The van der Waals surface area contributed by atoms with Crippen molar-refractivity contribution in [2.75, 3.05) is 25.9 Å². The lowest BCUT2D eigenvalue weighted by atomic mass is 9.93. The van der Waals surface area contributed by atoms with Crippen molar-refractivity contribution in [3.05, 3.63) is 0 Å². The normalized spacial score (nSPS) is 34.1. The smallest absolute Gasteiger partial charge is 0.0198 e. The Hall–Kier alpha value is 0.270. The van der Waals surface area contributed by atoms with Gasteiger partial charge in [0.05, 0.1) is 0 Å². The van der Waals surface area contributed by atoms with E-state index in [-0.39, 0.29) is 0 Å². The third-order valence-electron chi connectivity index (χ3n) is 4.82. The summed E-state index contributed by atoms with van der Waals surface area (Å²) >= 11 is 2.08. The van der Waals surface area contributed by atoms with Gasteiger partial charge in [-0.2, -0.15) is 11.8 Å². The predicted octanol–water partition coefficient (Wildman–Crippen LogP) is 3.51. The van der Waals surface area contributed by atoms with Crippen LogP contribution in [-0.4, -0.2) is 48.1 Å². The number of rotatable bonds is 5. The summed E-state index contributed by atoms with van der Waals surface area (Å²) in [5.41, 5.74) is 0. The summed E-state index contributed by atoms with van der Waals surface area (Å²) in [6.07, 6.45) is 13.4. The summed E-state index contributed by atoms with van der Waals surface area (Å²) in [7, 11) is 0. The van der Waals surface area contributed by atoms with E-state index in [1.807, 2.05) is 0 Å². The number of hydrogen-bond donors (Lipinski definition) is 1. The molecule has 3 unspecified atom stereocenters. The van der Waals surface area contributed by atoms with Crippen molar-refractivity contribution in [3.63, 3.8) is 0 Å². The van der Waals surface area contributed by atoms with Gasteiger partial charge in [-0.1, -0.05) is 19.8 Å². The first-order valence-electron chi connectivity index (χ1n) is 8.34. The molecule has 0 amide bonds. The monoisotopic (exact) mass is 284 g/mol. The highest BCUT2D eigenvalue weighted by Crippen LogP contribution is 2.28. The average molecular weight is 285 g/mol. The van der Waals surface area contributed by atoms with E-state index < -0.39 is 0 Å². The van der Waals surface area contributed by atoms with Crippen LogP contribution in [-0.2, 0) is 0 Å². The molecule has 1 saturated heterocycles. The maximum atomic E-state index is 4.01. The van der Waals surface area contributed by atoms with Crippen molar-refractivity contribution in [1.29, 1.82) is 0 Å². The molecule has 2 rings (SSSR count). The van der Waals surface area contributed by atoms with E-state index in [0.717, 1.165) is 17.3 Å². The van der Waals surface area contributed by atoms with Gasteiger partial charge in [0.15, 0.2) is 0 Å². The molecule has 1 aliphatic heterocycles. The van der Waals surface area contributed by atoms with Gasteiger partial charge < -0.3 is 10.2 Å². The third kappa shape index (κ3) is 4.95. The van der Waals surface area contributed by atoms with Crippen LogP contribution in [0.5, 0.6) is 0 Å². The van der Waals surface area contributed by atoms with Crippen molar-refractivity contribution in [2.24, 2.45) is 0 Å². The van der Waals surface area contributed by atoms with Gasteiger partial charge in [0.1, 0.15) is 0 Å². The molecular weight excluding hydrogens is 252 g/mol. The molecule has 0 bridgehead atoms. The fourth-order valence-electron chi connectivity index (χ4n) is 3.73. The Kier molecular flexibility index (Phi) is 7.03. The van der Waals surface area contributed by atoms with Crippen molar-refractivity contribution >= 4 is 11.8 Å². The van der Waals surface area contributed by atoms with Gasteiger partial charge in [0.25, 0.3) is 0 Å². The molecule has 1 N–H and O–H groups in total. The highest BCUT2D eigenvalue weighted by atomic mass is 32.2. The Bertz CT molecular complexity index is 247. The second kappa shape index (κ2) is 8.53. The van der Waals surface area contributed by atoms with Gasteiger partial charge >= 0.3 is 0 Å². The van der Waals surface area contributed by atoms with Crippen LogP contribution in [0.15, 0.2) is 0 Å². The lowest BCUT2D eigenvalue weighted by Crippen LogP contribution is -2.46. The first-order valence-corrected chi connectivity index (χ1v) is 9.63. The largest absolute Gasteiger partial charge is 0.310 e. The second-order valence-corrected chi connectivity index (χ2v) is 7.38. The second-order valence-electron chi connectivity index (χ2n) is 6.30. The van der Waals surface area contributed by atoms with Crippen molar-refractivity contribution in [2.45, 2.75) is 75.6 Å². The molecule has 2 nitrogen and oxygen atoms in total. The van der Waals surface area contributed by atoms with Crippen LogP contribution >= 0.6 is 11.8 Å². The summed E-state index contributed by atoms with van der Waals surface area (Å²) in [5.74, 6) is 0. The fraction of sp³-hybridized carbons (Fsp3) is 1.00. The quantitative estimate of drug-likeness (QED) is 0.831. The molecule has 0 radical (unpaired) electrons. The number of hydrogen-bond acceptors (Lipinski definition) is 3. The minimum atomic E-state index is 0.777. The molecule has 3 heteroatoms. The zero-order valence-electron chi connectivity index (χ0n) is 12.9. The summed E-state index contributed by atoms with van der Waals surface area (Å²) in [5, 5.41) is 4.88. The lowest BCUT2D eigenvalue weighted by Gasteiger charge is -2.34. The van der Waals surface area contributed by atoms with E-state index in [2.05, 4.69) is 35.2 Å². The van der Waals surface area contributed by atoms with Crippen LogP contribution in [0.4, 0.5) is 0 Å². The Morgan fingerprint density at radius 3 is 2.68 bits per heavy atom. The van der Waals surface area contributed by atoms with Crippen LogP contribution in [0.25, 0.3) is 0 Å². The zero-order valence-corrected chi connectivity index (χ0v) is 13.7. The molecule has 1 heterocycles. The number of nitrogens with zero attached hydrogens (tertiary/aromatic N) is 1. The Balaban J connectivity index is 1.78. The van der Waals surface area contributed by atoms with E-state index >= 15 is 0 Å². The third-order valence-corrected chi connectivity index (χ3v) is 5.99. The summed E-state index contributed by atoms with van der Waals surface area (Å²) in [6, 6.07) is 1.56. The highest BCUT2D eigenvalue weighted by molar-refractivity contribution is 7.99. The molecule has 19 heavy (non-hydrogen) atoms. The molecule has 0 aromatic rings. The van der Waals surface area contributed by atoms with Crippen LogP contribution in [0.2, 0.25) is 0 Å². The van der Waals surface area contributed by atoms with E-state index in [1.54, 1.807) is 0 Å². The van der Waals surface area contributed by atoms with Gasteiger partial charge in [0, 0.05) is 17.3 Å². The van der Waals surface area contributed by atoms with Crippen LogP contribution in [0.3, 0.4) is 0 Å². The average Bonchev–Trinajstić information content (AvgIpc) is 2.66. The van der Waals surface area contributed by atoms with Gasteiger partial charge in [-0.25, -0.2) is 0 Å². The Morgan fingerprint density at radius 2 is 1.89 bits per heavy atom. The summed E-state index contributed by atoms with van der Waals surface area (Å²) in [6.45, 7) is 6.22. The maximum Gasteiger partial charge on any atom is 0.0198 e. The summed E-state index contributed by atoms with van der Waals surface area (Å²) < 4.78 is 0.